The van der Waals surface area contributed by atoms with Crippen molar-refractivity contribution in [1.82, 2.24) is 0 Å². The van der Waals surface area contributed by atoms with Crippen LogP contribution in [0.2, 0.25) is 0 Å². The number of carbonyl (C=O) groups is 2. The number of nitrogens with one attached hydrogen (secondary N) is 1. The molecule has 0 spiro atoms. The van der Waals surface area contributed by atoms with Gasteiger partial charge in [0.15, 0.2) is 6.10 Å². The topological polar surface area (TPSA) is 58.6 Å². The summed E-state index contributed by atoms with van der Waals surface area (Å²) < 4.78 is 19.3. The van der Waals surface area contributed by atoms with Gasteiger partial charge in [0, 0.05) is 12.6 Å². The number of aryl methyl sites for hydroxylation is 1. The van der Waals surface area contributed by atoms with Crippen LogP contribution in [-0.4, -0.2) is 24.5 Å². The molecule has 0 aromatic heterocycles. The first kappa shape index (κ1) is 16.0. The molecule has 1 N–H and O–H groups in total. The Morgan fingerprint density at radius 3 is 2.71 bits per heavy atom. The molecular weight excluding hydrogens is 311 g/mol. The second kappa shape index (κ2) is 6.31. The summed E-state index contributed by atoms with van der Waals surface area (Å²) in [6, 6.07) is 11.5. The molecule has 0 saturated heterocycles. The molecule has 124 valence electrons. The molecule has 6 heteroatoms. The van der Waals surface area contributed by atoms with E-state index in [1.54, 1.807) is 43.3 Å². The highest BCUT2D eigenvalue weighted by Gasteiger charge is 2.32. The molecule has 0 aliphatic carbocycles. The summed E-state index contributed by atoms with van der Waals surface area (Å²) in [5.41, 5.74) is 1.48. The molecule has 1 aliphatic rings. The Bertz CT molecular complexity index is 807. The average molecular weight is 328 g/mol. The van der Waals surface area contributed by atoms with Gasteiger partial charge >= 0.3 is 0 Å². The van der Waals surface area contributed by atoms with Gasteiger partial charge in [-0.25, -0.2) is 4.39 Å². The van der Waals surface area contributed by atoms with Crippen LogP contribution in [0.5, 0.6) is 5.75 Å². The third kappa shape index (κ3) is 3.08. The maximum atomic E-state index is 13.6. The van der Waals surface area contributed by atoms with Crippen LogP contribution >= 0.6 is 0 Å². The minimum atomic E-state index is -0.867. The van der Waals surface area contributed by atoms with Gasteiger partial charge in [-0.3, -0.25) is 9.59 Å². The van der Waals surface area contributed by atoms with E-state index in [0.29, 0.717) is 22.7 Å². The zero-order valence-corrected chi connectivity index (χ0v) is 13.4. The van der Waals surface area contributed by atoms with E-state index in [2.05, 4.69) is 5.32 Å². The van der Waals surface area contributed by atoms with Gasteiger partial charge in [0.1, 0.15) is 11.6 Å². The molecule has 2 aromatic carbocycles. The van der Waals surface area contributed by atoms with Crippen LogP contribution in [0.25, 0.3) is 0 Å². The third-order valence-corrected chi connectivity index (χ3v) is 3.89. The van der Waals surface area contributed by atoms with E-state index in [-0.39, 0.29) is 12.5 Å². The maximum absolute atomic E-state index is 13.6. The van der Waals surface area contributed by atoms with Crippen molar-refractivity contribution in [2.24, 2.45) is 0 Å². The molecule has 1 aliphatic heterocycles. The number of hydrogen-bond donors (Lipinski definition) is 1. The van der Waals surface area contributed by atoms with E-state index in [1.807, 2.05) is 0 Å². The van der Waals surface area contributed by atoms with Gasteiger partial charge in [0.2, 0.25) is 5.91 Å². The lowest BCUT2D eigenvalue weighted by Crippen LogP contribution is -2.48. The second-order valence-electron chi connectivity index (χ2n) is 5.66. The number of fused-ring (bicyclic) bond motifs is 1. The lowest BCUT2D eigenvalue weighted by molar-refractivity contribution is -0.123. The fourth-order valence-corrected chi connectivity index (χ4v) is 2.56. The molecule has 3 rings (SSSR count). The first-order chi connectivity index (χ1) is 11.5. The normalized spacial score (nSPS) is 16.1. The Balaban J connectivity index is 1.81. The summed E-state index contributed by atoms with van der Waals surface area (Å²) in [5.74, 6) is -0.536. The van der Waals surface area contributed by atoms with Crippen LogP contribution in [-0.2, 0) is 9.59 Å². The molecule has 0 fully saturated rings. The maximum Gasteiger partial charge on any atom is 0.267 e. The van der Waals surface area contributed by atoms with Gasteiger partial charge in [-0.05, 0) is 36.8 Å². The van der Waals surface area contributed by atoms with E-state index in [0.717, 1.165) is 0 Å². The zero-order chi connectivity index (χ0) is 17.3. The lowest BCUT2D eigenvalue weighted by Gasteiger charge is -2.33. The molecule has 2 amide bonds. The number of carbonyl (C=O) groups excluding carboxylic acids is 2. The number of para-hydroxylation sites is 2. The van der Waals surface area contributed by atoms with Crippen LogP contribution in [0.1, 0.15) is 12.5 Å². The van der Waals surface area contributed by atoms with Crippen LogP contribution in [0.3, 0.4) is 0 Å². The van der Waals surface area contributed by atoms with Crippen LogP contribution in [0.4, 0.5) is 15.8 Å². The summed E-state index contributed by atoms with van der Waals surface area (Å²) in [5, 5.41) is 2.63. The van der Waals surface area contributed by atoms with Crippen molar-refractivity contribution in [3.8, 4) is 5.75 Å². The SMILES string of the molecule is CC(=O)N1CC(C(=O)Nc2ccc(C)c(F)c2)Oc2ccccc21. The van der Waals surface area contributed by atoms with Crippen molar-refractivity contribution in [2.45, 2.75) is 20.0 Å². The summed E-state index contributed by atoms with van der Waals surface area (Å²) in [6.45, 7) is 3.19. The highest BCUT2D eigenvalue weighted by molar-refractivity contribution is 5.99. The van der Waals surface area contributed by atoms with Gasteiger partial charge in [0.05, 0.1) is 12.2 Å². The number of benzene rings is 2. The van der Waals surface area contributed by atoms with Gasteiger partial charge in [-0.1, -0.05) is 18.2 Å². The fourth-order valence-electron chi connectivity index (χ4n) is 2.56. The van der Waals surface area contributed by atoms with Crippen LogP contribution in [0, 0.1) is 12.7 Å². The average Bonchev–Trinajstić information content (AvgIpc) is 2.57. The number of anilines is 2. The molecule has 1 atom stereocenters. The predicted molar refractivity (Wildman–Crippen MR) is 88.7 cm³/mol. The number of hydrogen-bond acceptors (Lipinski definition) is 3. The van der Waals surface area contributed by atoms with Crippen molar-refractivity contribution in [3.63, 3.8) is 0 Å². The molecule has 0 bridgehead atoms. The fraction of sp³-hybridized carbons (Fsp3) is 0.222. The van der Waals surface area contributed by atoms with E-state index in [1.165, 1.54) is 17.9 Å². The number of halogens is 1. The molecule has 24 heavy (non-hydrogen) atoms. The van der Waals surface area contributed by atoms with E-state index >= 15 is 0 Å². The van der Waals surface area contributed by atoms with Gasteiger partial charge in [-0.15, -0.1) is 0 Å². The Labute approximate surface area is 139 Å². The molecule has 0 radical (unpaired) electrons. The highest BCUT2D eigenvalue weighted by Crippen LogP contribution is 2.33. The number of amides is 2. The van der Waals surface area contributed by atoms with Crippen molar-refractivity contribution in [2.75, 3.05) is 16.8 Å². The Kier molecular flexibility index (Phi) is 4.20. The van der Waals surface area contributed by atoms with Gasteiger partial charge < -0.3 is 15.0 Å². The van der Waals surface area contributed by atoms with Crippen molar-refractivity contribution in [3.05, 3.63) is 53.8 Å². The summed E-state index contributed by atoms with van der Waals surface area (Å²) in [7, 11) is 0. The Morgan fingerprint density at radius 2 is 2.00 bits per heavy atom. The zero-order valence-electron chi connectivity index (χ0n) is 13.4. The minimum Gasteiger partial charge on any atom is -0.476 e. The van der Waals surface area contributed by atoms with E-state index in [4.69, 9.17) is 4.74 Å². The standard InChI is InChI=1S/C18H17FN2O3/c1-11-7-8-13(9-14(11)19)20-18(23)17-10-21(12(2)22)15-5-3-4-6-16(15)24-17/h3-9,17H,10H2,1-2H3,(H,20,23). The molecule has 2 aromatic rings. The molecule has 0 saturated carbocycles. The number of ether oxygens (including phenoxy) is 1. The van der Waals surface area contributed by atoms with Crippen molar-refractivity contribution in [1.29, 1.82) is 0 Å². The summed E-state index contributed by atoms with van der Waals surface area (Å²) >= 11 is 0. The predicted octanol–water partition coefficient (Wildman–Crippen LogP) is 2.89. The van der Waals surface area contributed by atoms with Crippen LogP contribution < -0.4 is 15.0 Å². The molecule has 5 nitrogen and oxygen atoms in total. The summed E-state index contributed by atoms with van der Waals surface area (Å²) in [4.78, 5) is 25.8. The van der Waals surface area contributed by atoms with E-state index in [9.17, 15) is 14.0 Å². The number of nitrogens with zero attached hydrogens (tertiary/aromatic N) is 1. The highest BCUT2D eigenvalue weighted by atomic mass is 19.1. The first-order valence-electron chi connectivity index (χ1n) is 7.56. The Morgan fingerprint density at radius 1 is 1.25 bits per heavy atom. The first-order valence-corrected chi connectivity index (χ1v) is 7.56. The molecular formula is C18H17FN2O3. The quantitative estimate of drug-likeness (QED) is 0.922. The van der Waals surface area contributed by atoms with Crippen LogP contribution in [0.15, 0.2) is 42.5 Å². The largest absolute Gasteiger partial charge is 0.476 e. The minimum absolute atomic E-state index is 0.104. The van der Waals surface area contributed by atoms with Crippen molar-refractivity contribution < 1.29 is 18.7 Å². The van der Waals surface area contributed by atoms with E-state index < -0.39 is 17.8 Å². The Hall–Kier alpha value is -2.89. The third-order valence-electron chi connectivity index (χ3n) is 3.89. The smallest absolute Gasteiger partial charge is 0.267 e. The molecule has 1 heterocycles. The number of rotatable bonds is 2. The van der Waals surface area contributed by atoms with Crippen molar-refractivity contribution >= 4 is 23.2 Å². The van der Waals surface area contributed by atoms with Gasteiger partial charge in [0.25, 0.3) is 5.91 Å². The van der Waals surface area contributed by atoms with Gasteiger partial charge in [-0.2, -0.15) is 0 Å². The second-order valence-corrected chi connectivity index (χ2v) is 5.66. The lowest BCUT2D eigenvalue weighted by atomic mass is 10.1. The summed E-state index contributed by atoms with van der Waals surface area (Å²) in [6.07, 6.45) is -0.867. The monoisotopic (exact) mass is 328 g/mol. The molecule has 1 unspecified atom stereocenters.